The number of rotatable bonds is 2. The van der Waals surface area contributed by atoms with Crippen molar-refractivity contribution in [2.45, 2.75) is 6.04 Å². The lowest BCUT2D eigenvalue weighted by molar-refractivity contribution is 0.217. The third-order valence-electron chi connectivity index (χ3n) is 4.55. The van der Waals surface area contributed by atoms with Crippen molar-refractivity contribution in [2.24, 2.45) is 0 Å². The van der Waals surface area contributed by atoms with Crippen molar-refractivity contribution in [2.75, 3.05) is 4.90 Å². The Morgan fingerprint density at radius 3 is 2.00 bits per heavy atom. The molecule has 0 radical (unpaired) electrons. The van der Waals surface area contributed by atoms with Gasteiger partial charge in [-0.1, -0.05) is 60.7 Å². The van der Waals surface area contributed by atoms with Crippen molar-refractivity contribution in [3.63, 3.8) is 0 Å². The number of nitrogens with zero attached hydrogens (tertiary/aromatic N) is 3. The van der Waals surface area contributed by atoms with Gasteiger partial charge in [0.25, 0.3) is 0 Å². The smallest absolute Gasteiger partial charge is 0.280 e. The Morgan fingerprint density at radius 1 is 0.852 bits per heavy atom. The van der Waals surface area contributed by atoms with Crippen LogP contribution in [0.5, 0.6) is 0 Å². The average molecular weight is 351 g/mol. The minimum absolute atomic E-state index is 0.273. The molecule has 3 aromatic rings. The maximum absolute atomic E-state index is 13.5. The highest BCUT2D eigenvalue weighted by Crippen LogP contribution is 2.34. The normalized spacial score (nSPS) is 14.9. The fraction of sp³-hybridized carbons (Fsp3) is 0.0435. The summed E-state index contributed by atoms with van der Waals surface area (Å²) in [6, 6.07) is 27.9. The predicted molar refractivity (Wildman–Crippen MR) is 106 cm³/mol. The molecule has 0 aromatic heterocycles. The van der Waals surface area contributed by atoms with Gasteiger partial charge in [0.05, 0.1) is 17.4 Å². The standard InChI is InChI=1S/C23H17N3O/c24-17-22-21-14-8-7-9-18(21)15-16-25(22)23(27)26(19-10-3-1-4-11-19)20-12-5-2-6-13-20/h1-16,22H/t22-/m0/s1. The van der Waals surface area contributed by atoms with E-state index >= 15 is 0 Å². The maximum Gasteiger partial charge on any atom is 0.334 e. The molecule has 0 spiro atoms. The highest BCUT2D eigenvalue weighted by Gasteiger charge is 2.32. The Balaban J connectivity index is 1.78. The van der Waals surface area contributed by atoms with Gasteiger partial charge in [0.1, 0.15) is 0 Å². The van der Waals surface area contributed by atoms with E-state index in [-0.39, 0.29) is 6.03 Å². The number of carbonyl (C=O) groups is 1. The monoisotopic (exact) mass is 351 g/mol. The second-order valence-corrected chi connectivity index (χ2v) is 6.17. The number of nitriles is 1. The van der Waals surface area contributed by atoms with Crippen molar-refractivity contribution in [1.29, 1.82) is 5.26 Å². The van der Waals surface area contributed by atoms with Gasteiger partial charge in [-0.05, 0) is 41.5 Å². The largest absolute Gasteiger partial charge is 0.334 e. The van der Waals surface area contributed by atoms with Crippen LogP contribution in [0, 0.1) is 11.3 Å². The molecule has 0 bridgehead atoms. The summed E-state index contributed by atoms with van der Waals surface area (Å²) in [5, 5.41) is 9.78. The van der Waals surface area contributed by atoms with Gasteiger partial charge < -0.3 is 0 Å². The number of hydrogen-bond acceptors (Lipinski definition) is 2. The van der Waals surface area contributed by atoms with Crippen LogP contribution in [0.25, 0.3) is 6.08 Å². The first-order chi connectivity index (χ1) is 13.3. The Labute approximate surface area is 158 Å². The van der Waals surface area contributed by atoms with E-state index in [4.69, 9.17) is 0 Å². The Morgan fingerprint density at radius 2 is 1.41 bits per heavy atom. The SMILES string of the molecule is N#C[C@H]1c2ccccc2C=CN1C(=O)N(c1ccccc1)c1ccccc1. The number of anilines is 2. The van der Waals surface area contributed by atoms with Crippen molar-refractivity contribution in [3.05, 3.63) is 102 Å². The van der Waals surface area contributed by atoms with Gasteiger partial charge in [0.15, 0.2) is 6.04 Å². The van der Waals surface area contributed by atoms with Gasteiger partial charge in [-0.2, -0.15) is 5.26 Å². The van der Waals surface area contributed by atoms with Crippen molar-refractivity contribution >= 4 is 23.5 Å². The van der Waals surface area contributed by atoms with Crippen molar-refractivity contribution < 1.29 is 4.79 Å². The van der Waals surface area contributed by atoms with Gasteiger partial charge in [0, 0.05) is 6.20 Å². The molecule has 1 atom stereocenters. The number of urea groups is 1. The van der Waals surface area contributed by atoms with E-state index in [9.17, 15) is 10.1 Å². The highest BCUT2D eigenvalue weighted by molar-refractivity contribution is 6.00. The maximum atomic E-state index is 13.5. The molecule has 1 heterocycles. The van der Waals surface area contributed by atoms with Crippen molar-refractivity contribution in [1.82, 2.24) is 4.90 Å². The number of para-hydroxylation sites is 2. The fourth-order valence-corrected chi connectivity index (χ4v) is 3.25. The topological polar surface area (TPSA) is 47.3 Å². The van der Waals surface area contributed by atoms with E-state index in [2.05, 4.69) is 6.07 Å². The van der Waals surface area contributed by atoms with Crippen LogP contribution < -0.4 is 4.90 Å². The van der Waals surface area contributed by atoms with E-state index in [0.717, 1.165) is 22.5 Å². The first kappa shape index (κ1) is 16.6. The van der Waals surface area contributed by atoms with Gasteiger partial charge in [0.2, 0.25) is 0 Å². The van der Waals surface area contributed by atoms with Crippen LogP contribution in [-0.2, 0) is 0 Å². The number of fused-ring (bicyclic) bond motifs is 1. The lowest BCUT2D eigenvalue weighted by atomic mass is 9.97. The van der Waals surface area contributed by atoms with E-state index < -0.39 is 6.04 Å². The Hall–Kier alpha value is -3.84. The lowest BCUT2D eigenvalue weighted by Gasteiger charge is -2.33. The zero-order chi connectivity index (χ0) is 18.6. The molecule has 0 aliphatic carbocycles. The summed E-state index contributed by atoms with van der Waals surface area (Å²) in [5.74, 6) is 0. The van der Waals surface area contributed by atoms with Crippen LogP contribution in [-0.4, -0.2) is 10.9 Å². The summed E-state index contributed by atoms with van der Waals surface area (Å²) in [4.78, 5) is 16.6. The molecule has 2 amide bonds. The summed E-state index contributed by atoms with van der Waals surface area (Å²) in [6.45, 7) is 0. The molecule has 1 aliphatic rings. The quantitative estimate of drug-likeness (QED) is 0.612. The summed E-state index contributed by atoms with van der Waals surface area (Å²) in [7, 11) is 0. The van der Waals surface area contributed by atoms with Crippen LogP contribution >= 0.6 is 0 Å². The van der Waals surface area contributed by atoms with E-state index in [1.165, 1.54) is 4.90 Å². The number of carbonyl (C=O) groups excluding carboxylic acids is 1. The number of amides is 2. The van der Waals surface area contributed by atoms with Crippen LogP contribution in [0.1, 0.15) is 17.2 Å². The second-order valence-electron chi connectivity index (χ2n) is 6.17. The molecular formula is C23H17N3O. The summed E-state index contributed by atoms with van der Waals surface area (Å²) in [6.07, 6.45) is 3.56. The molecule has 130 valence electrons. The highest BCUT2D eigenvalue weighted by atomic mass is 16.2. The summed E-state index contributed by atoms with van der Waals surface area (Å²) < 4.78 is 0. The van der Waals surface area contributed by atoms with Gasteiger partial charge >= 0.3 is 6.03 Å². The van der Waals surface area contributed by atoms with Crippen LogP contribution in [0.3, 0.4) is 0 Å². The zero-order valence-corrected chi connectivity index (χ0v) is 14.6. The minimum atomic E-state index is -0.673. The third kappa shape index (κ3) is 3.07. The first-order valence-corrected chi connectivity index (χ1v) is 8.69. The summed E-state index contributed by atoms with van der Waals surface area (Å²) in [5.41, 5.74) is 3.28. The Kier molecular flexibility index (Phi) is 4.42. The van der Waals surface area contributed by atoms with E-state index in [1.807, 2.05) is 91.0 Å². The van der Waals surface area contributed by atoms with Crippen molar-refractivity contribution in [3.8, 4) is 6.07 Å². The van der Waals surface area contributed by atoms with Crippen LogP contribution in [0.2, 0.25) is 0 Å². The van der Waals surface area contributed by atoms with E-state index in [0.29, 0.717) is 0 Å². The molecule has 0 saturated heterocycles. The van der Waals surface area contributed by atoms with Gasteiger partial charge in [-0.3, -0.25) is 9.80 Å². The number of hydrogen-bond donors (Lipinski definition) is 0. The van der Waals surface area contributed by atoms with Crippen LogP contribution in [0.4, 0.5) is 16.2 Å². The van der Waals surface area contributed by atoms with Gasteiger partial charge in [-0.15, -0.1) is 0 Å². The molecule has 0 unspecified atom stereocenters. The molecule has 0 N–H and O–H groups in total. The fourth-order valence-electron chi connectivity index (χ4n) is 3.25. The predicted octanol–water partition coefficient (Wildman–Crippen LogP) is 5.50. The lowest BCUT2D eigenvalue weighted by Crippen LogP contribution is -2.40. The molecule has 4 rings (SSSR count). The molecule has 27 heavy (non-hydrogen) atoms. The number of benzene rings is 3. The third-order valence-corrected chi connectivity index (χ3v) is 4.55. The zero-order valence-electron chi connectivity index (χ0n) is 14.6. The second kappa shape index (κ2) is 7.19. The Bertz CT molecular complexity index is 983. The molecular weight excluding hydrogens is 334 g/mol. The molecule has 4 nitrogen and oxygen atoms in total. The van der Waals surface area contributed by atoms with Gasteiger partial charge in [-0.25, -0.2) is 4.79 Å². The first-order valence-electron chi connectivity index (χ1n) is 8.69. The molecule has 0 saturated carbocycles. The van der Waals surface area contributed by atoms with E-state index in [1.54, 1.807) is 11.1 Å². The molecule has 3 aromatic carbocycles. The average Bonchev–Trinajstić information content (AvgIpc) is 2.74. The molecule has 1 aliphatic heterocycles. The summed E-state index contributed by atoms with van der Waals surface area (Å²) >= 11 is 0. The minimum Gasteiger partial charge on any atom is -0.280 e. The molecule has 4 heteroatoms. The molecule has 0 fully saturated rings. The van der Waals surface area contributed by atoms with Crippen LogP contribution in [0.15, 0.2) is 91.1 Å².